The largest absolute Gasteiger partial charge is 0.481 e. The summed E-state index contributed by atoms with van der Waals surface area (Å²) < 4.78 is 0. The minimum Gasteiger partial charge on any atom is -0.481 e. The van der Waals surface area contributed by atoms with Gasteiger partial charge in [-0.2, -0.15) is 0 Å². The molecule has 31 heavy (non-hydrogen) atoms. The summed E-state index contributed by atoms with van der Waals surface area (Å²) in [5.41, 5.74) is 5.38. The van der Waals surface area contributed by atoms with E-state index in [0.29, 0.717) is 0 Å². The second kappa shape index (κ2) is 13.1. The van der Waals surface area contributed by atoms with Gasteiger partial charge in [0.15, 0.2) is 0 Å². The van der Waals surface area contributed by atoms with Gasteiger partial charge in [-0.15, -0.1) is 0 Å². The molecular weight excluding hydrogens is 420 g/mol. The van der Waals surface area contributed by atoms with E-state index in [0.717, 1.165) is 0 Å². The minimum atomic E-state index is -1.71. The molecule has 0 aliphatic carbocycles. The van der Waals surface area contributed by atoms with Crippen molar-refractivity contribution in [2.75, 3.05) is 6.61 Å². The predicted molar refractivity (Wildman–Crippen MR) is 102 cm³/mol. The third-order valence-corrected chi connectivity index (χ3v) is 4.05. The van der Waals surface area contributed by atoms with E-state index in [2.05, 4.69) is 10.6 Å². The number of hydrogen-bond donors (Lipinski definition) is 8. The molecule has 0 bridgehead atoms. The zero-order valence-electron chi connectivity index (χ0n) is 17.0. The van der Waals surface area contributed by atoms with Crippen LogP contribution in [0.2, 0.25) is 0 Å². The summed E-state index contributed by atoms with van der Waals surface area (Å²) in [6.45, 7) is 2.41. The molecule has 0 aromatic carbocycles. The van der Waals surface area contributed by atoms with Crippen molar-refractivity contribution >= 4 is 35.6 Å². The molecule has 0 spiro atoms. The number of amides is 3. The lowest BCUT2D eigenvalue weighted by Crippen LogP contribution is -2.59. The number of rotatable bonds is 14. The van der Waals surface area contributed by atoms with E-state index in [4.69, 9.17) is 26.2 Å². The van der Waals surface area contributed by atoms with Crippen LogP contribution in [0.1, 0.15) is 33.1 Å². The lowest BCUT2D eigenvalue weighted by atomic mass is 10.0. The number of nitrogens with one attached hydrogen (secondary N) is 3. The number of carbonyl (C=O) groups excluding carboxylic acids is 3. The number of hydrogen-bond acceptors (Lipinski definition) is 8. The van der Waals surface area contributed by atoms with Gasteiger partial charge >= 0.3 is 17.9 Å². The van der Waals surface area contributed by atoms with Crippen molar-refractivity contribution in [2.24, 2.45) is 11.7 Å². The molecule has 176 valence electrons. The van der Waals surface area contributed by atoms with E-state index in [1.165, 1.54) is 0 Å². The highest BCUT2D eigenvalue weighted by Crippen LogP contribution is 2.06. The van der Waals surface area contributed by atoms with Gasteiger partial charge in [0.25, 0.3) is 0 Å². The van der Waals surface area contributed by atoms with Crippen molar-refractivity contribution in [1.82, 2.24) is 16.0 Å². The molecule has 0 aromatic heterocycles. The Balaban J connectivity index is 5.43. The maximum atomic E-state index is 12.6. The molecule has 9 N–H and O–H groups in total. The average Bonchev–Trinajstić information content (AvgIpc) is 2.66. The summed E-state index contributed by atoms with van der Waals surface area (Å²) in [4.78, 5) is 69.8. The summed E-state index contributed by atoms with van der Waals surface area (Å²) in [5.74, 6) is -7.79. The molecule has 0 aliphatic rings. The summed E-state index contributed by atoms with van der Waals surface area (Å²) in [5, 5.41) is 42.2. The molecule has 0 saturated heterocycles. The second-order valence-corrected chi connectivity index (χ2v) is 7.01. The fraction of sp³-hybridized carbons (Fsp3) is 0.647. The van der Waals surface area contributed by atoms with E-state index < -0.39 is 91.6 Å². The van der Waals surface area contributed by atoms with Crippen LogP contribution in [0.5, 0.6) is 0 Å². The Morgan fingerprint density at radius 2 is 1.35 bits per heavy atom. The minimum absolute atomic E-state index is 0.464. The van der Waals surface area contributed by atoms with Gasteiger partial charge in [-0.3, -0.25) is 24.0 Å². The Labute approximate surface area is 177 Å². The lowest BCUT2D eigenvalue weighted by molar-refractivity contribution is -0.144. The highest BCUT2D eigenvalue weighted by atomic mass is 16.4. The van der Waals surface area contributed by atoms with Gasteiger partial charge in [-0.25, -0.2) is 4.79 Å². The van der Waals surface area contributed by atoms with Crippen LogP contribution in [0, 0.1) is 5.92 Å². The maximum absolute atomic E-state index is 12.6. The summed E-state index contributed by atoms with van der Waals surface area (Å²) in [6.07, 6.45) is -1.94. The van der Waals surface area contributed by atoms with Crippen molar-refractivity contribution in [3.8, 4) is 0 Å². The Hall–Kier alpha value is -3.26. The Morgan fingerprint density at radius 3 is 1.77 bits per heavy atom. The van der Waals surface area contributed by atoms with Crippen LogP contribution in [-0.2, 0) is 28.8 Å². The quantitative estimate of drug-likeness (QED) is 0.132. The average molecular weight is 448 g/mol. The van der Waals surface area contributed by atoms with Gasteiger partial charge in [-0.05, 0) is 12.3 Å². The number of aliphatic hydroxyl groups excluding tert-OH is 1. The van der Waals surface area contributed by atoms with Gasteiger partial charge in [-0.1, -0.05) is 13.8 Å². The molecule has 0 aliphatic heterocycles. The molecule has 14 heteroatoms. The zero-order chi connectivity index (χ0) is 24.3. The van der Waals surface area contributed by atoms with Crippen LogP contribution in [0.4, 0.5) is 0 Å². The van der Waals surface area contributed by atoms with Crippen molar-refractivity contribution < 1.29 is 49.2 Å². The summed E-state index contributed by atoms with van der Waals surface area (Å²) >= 11 is 0. The van der Waals surface area contributed by atoms with E-state index in [-0.39, 0.29) is 0 Å². The standard InChI is InChI=1S/C17H28N4O10/c1-7(2)13(21-14(27)8(18)6-22)16(29)20-10(5-12(25)26)15(28)19-9(17(30)31)3-4-11(23)24/h7-10,13,22H,3-6,18H2,1-2H3,(H,19,28)(H,20,29)(H,21,27)(H,23,24)(H,25,26)(H,30,31). The van der Waals surface area contributed by atoms with Gasteiger partial charge in [0.05, 0.1) is 13.0 Å². The zero-order valence-corrected chi connectivity index (χ0v) is 17.0. The normalized spacial score (nSPS) is 14.6. The molecule has 0 rings (SSSR count). The first kappa shape index (κ1) is 27.7. The molecule has 0 heterocycles. The fourth-order valence-electron chi connectivity index (χ4n) is 2.32. The lowest BCUT2D eigenvalue weighted by Gasteiger charge is -2.26. The van der Waals surface area contributed by atoms with Crippen molar-refractivity contribution in [1.29, 1.82) is 0 Å². The van der Waals surface area contributed by atoms with Gasteiger partial charge < -0.3 is 42.1 Å². The first-order valence-electron chi connectivity index (χ1n) is 9.24. The van der Waals surface area contributed by atoms with Crippen LogP contribution in [0.15, 0.2) is 0 Å². The molecule has 4 unspecified atom stereocenters. The Morgan fingerprint density at radius 1 is 0.806 bits per heavy atom. The summed E-state index contributed by atoms with van der Waals surface area (Å²) in [7, 11) is 0. The van der Waals surface area contributed by atoms with Gasteiger partial charge in [0.1, 0.15) is 24.2 Å². The molecular formula is C17H28N4O10. The molecule has 3 amide bonds. The first-order chi connectivity index (χ1) is 14.3. The maximum Gasteiger partial charge on any atom is 0.326 e. The SMILES string of the molecule is CC(C)C(NC(=O)C(N)CO)C(=O)NC(CC(=O)O)C(=O)NC(CCC(=O)O)C(=O)O. The third kappa shape index (κ3) is 10.4. The summed E-state index contributed by atoms with van der Waals surface area (Å²) in [6, 6.07) is -5.88. The fourth-order valence-corrected chi connectivity index (χ4v) is 2.32. The van der Waals surface area contributed by atoms with E-state index >= 15 is 0 Å². The number of carbonyl (C=O) groups is 6. The predicted octanol–water partition coefficient (Wildman–Crippen LogP) is -3.16. The number of aliphatic hydroxyl groups is 1. The van der Waals surface area contributed by atoms with Crippen LogP contribution >= 0.6 is 0 Å². The highest BCUT2D eigenvalue weighted by Gasteiger charge is 2.32. The number of carboxylic acids is 3. The van der Waals surface area contributed by atoms with E-state index in [1.54, 1.807) is 13.8 Å². The molecule has 0 radical (unpaired) electrons. The van der Waals surface area contributed by atoms with Crippen LogP contribution in [-0.4, -0.2) is 86.8 Å². The molecule has 0 fully saturated rings. The molecule has 14 nitrogen and oxygen atoms in total. The van der Waals surface area contributed by atoms with E-state index in [1.807, 2.05) is 5.32 Å². The number of nitrogens with two attached hydrogens (primary N) is 1. The van der Waals surface area contributed by atoms with Crippen molar-refractivity contribution in [2.45, 2.75) is 57.3 Å². The van der Waals surface area contributed by atoms with Crippen LogP contribution < -0.4 is 21.7 Å². The highest BCUT2D eigenvalue weighted by molar-refractivity contribution is 5.95. The third-order valence-electron chi connectivity index (χ3n) is 4.05. The van der Waals surface area contributed by atoms with Crippen molar-refractivity contribution in [3.05, 3.63) is 0 Å². The molecule has 4 atom stereocenters. The van der Waals surface area contributed by atoms with Crippen LogP contribution in [0.25, 0.3) is 0 Å². The first-order valence-corrected chi connectivity index (χ1v) is 9.24. The van der Waals surface area contributed by atoms with Gasteiger partial charge in [0, 0.05) is 6.42 Å². The monoisotopic (exact) mass is 448 g/mol. The van der Waals surface area contributed by atoms with E-state index in [9.17, 15) is 28.8 Å². The van der Waals surface area contributed by atoms with Crippen LogP contribution in [0.3, 0.4) is 0 Å². The topological polar surface area (TPSA) is 245 Å². The second-order valence-electron chi connectivity index (χ2n) is 7.01. The number of aliphatic carboxylic acids is 3. The molecule has 0 saturated carbocycles. The Bertz CT molecular complexity index is 696. The Kier molecular flexibility index (Phi) is 11.7. The molecule has 0 aromatic rings. The number of carboxylic acid groups (broad SMARTS) is 3. The van der Waals surface area contributed by atoms with Crippen molar-refractivity contribution in [3.63, 3.8) is 0 Å². The smallest absolute Gasteiger partial charge is 0.326 e. The van der Waals surface area contributed by atoms with Gasteiger partial charge in [0.2, 0.25) is 17.7 Å².